The topological polar surface area (TPSA) is 71.1 Å². The van der Waals surface area contributed by atoms with Crippen LogP contribution in [0, 0.1) is 20.8 Å². The van der Waals surface area contributed by atoms with Gasteiger partial charge in [-0.05, 0) is 55.7 Å². The highest BCUT2D eigenvalue weighted by atomic mass is 32.2. The number of aromatic nitrogens is 1. The van der Waals surface area contributed by atoms with Gasteiger partial charge in [-0.15, -0.1) is 0 Å². The monoisotopic (exact) mass is 381 g/mol. The van der Waals surface area contributed by atoms with Gasteiger partial charge in [0.2, 0.25) is 0 Å². The lowest BCUT2D eigenvalue weighted by Crippen LogP contribution is -2.15. The first-order valence-electron chi connectivity index (χ1n) is 8.69. The Morgan fingerprint density at radius 3 is 2.41 bits per heavy atom. The number of hydrogen-bond donors (Lipinski definition) is 2. The Kier molecular flexibility index (Phi) is 5.46. The second-order valence-corrected chi connectivity index (χ2v) is 8.30. The van der Waals surface area contributed by atoms with Gasteiger partial charge in [-0.25, -0.2) is 13.4 Å². The van der Waals surface area contributed by atoms with Crippen LogP contribution in [0.15, 0.2) is 65.7 Å². The summed E-state index contributed by atoms with van der Waals surface area (Å²) in [6, 6.07) is 17.1. The van der Waals surface area contributed by atoms with E-state index in [1.807, 2.05) is 25.1 Å². The SMILES string of the molecule is Cc1cccc(CNc2ccc(NS(=O)(=O)c3cc(C)ccc3C)nc2)c1. The zero-order valence-electron chi connectivity index (χ0n) is 15.7. The molecule has 5 nitrogen and oxygen atoms in total. The normalized spacial score (nSPS) is 11.2. The molecule has 6 heteroatoms. The Balaban J connectivity index is 1.69. The van der Waals surface area contributed by atoms with Crippen LogP contribution < -0.4 is 10.0 Å². The summed E-state index contributed by atoms with van der Waals surface area (Å²) in [7, 11) is -3.67. The Hall–Kier alpha value is -2.86. The van der Waals surface area contributed by atoms with Crippen LogP contribution in [-0.4, -0.2) is 13.4 Å². The molecule has 0 aliphatic rings. The van der Waals surface area contributed by atoms with Crippen molar-refractivity contribution in [1.29, 1.82) is 0 Å². The summed E-state index contributed by atoms with van der Waals surface area (Å²) in [5, 5.41) is 3.29. The summed E-state index contributed by atoms with van der Waals surface area (Å²) in [5.74, 6) is 0.289. The summed E-state index contributed by atoms with van der Waals surface area (Å²) in [6.07, 6.45) is 1.62. The Labute approximate surface area is 160 Å². The minimum absolute atomic E-state index is 0.269. The molecule has 1 heterocycles. The van der Waals surface area contributed by atoms with Crippen molar-refractivity contribution in [3.63, 3.8) is 0 Å². The summed E-state index contributed by atoms with van der Waals surface area (Å²) in [5.41, 5.74) is 4.80. The molecule has 0 spiro atoms. The van der Waals surface area contributed by atoms with Gasteiger partial charge in [0.05, 0.1) is 16.8 Å². The number of anilines is 2. The van der Waals surface area contributed by atoms with E-state index in [4.69, 9.17) is 0 Å². The lowest BCUT2D eigenvalue weighted by atomic mass is 10.1. The van der Waals surface area contributed by atoms with E-state index in [1.54, 1.807) is 31.3 Å². The standard InChI is InChI=1S/C21H23N3O2S/c1-15-5-4-6-18(11-15)13-22-19-9-10-21(23-14-19)24-27(25,26)20-12-16(2)7-8-17(20)3/h4-12,14,22H,13H2,1-3H3,(H,23,24). The molecule has 0 fully saturated rings. The molecule has 2 aromatic carbocycles. The van der Waals surface area contributed by atoms with Crippen molar-refractivity contribution < 1.29 is 8.42 Å². The molecule has 140 valence electrons. The molecule has 0 unspecified atom stereocenters. The number of hydrogen-bond acceptors (Lipinski definition) is 4. The van der Waals surface area contributed by atoms with Gasteiger partial charge in [0.1, 0.15) is 5.82 Å². The number of nitrogens with one attached hydrogen (secondary N) is 2. The molecule has 0 bridgehead atoms. The van der Waals surface area contributed by atoms with Crippen molar-refractivity contribution in [3.05, 3.63) is 83.0 Å². The fraction of sp³-hybridized carbons (Fsp3) is 0.190. The van der Waals surface area contributed by atoms with Crippen LogP contribution in [0.1, 0.15) is 22.3 Å². The Bertz CT molecular complexity index is 1050. The van der Waals surface area contributed by atoms with E-state index in [-0.39, 0.29) is 10.7 Å². The second-order valence-electron chi connectivity index (χ2n) is 6.65. The maximum atomic E-state index is 12.6. The van der Waals surface area contributed by atoms with Gasteiger partial charge in [-0.3, -0.25) is 4.72 Å². The molecular weight excluding hydrogens is 358 g/mol. The van der Waals surface area contributed by atoms with Crippen LogP contribution in [0.25, 0.3) is 0 Å². The summed E-state index contributed by atoms with van der Waals surface area (Å²) >= 11 is 0. The molecule has 1 aromatic heterocycles. The van der Waals surface area contributed by atoms with E-state index in [9.17, 15) is 8.42 Å². The quantitative estimate of drug-likeness (QED) is 0.663. The van der Waals surface area contributed by atoms with E-state index in [1.165, 1.54) is 11.1 Å². The third-order valence-corrected chi connectivity index (χ3v) is 5.71. The number of nitrogens with zero attached hydrogens (tertiary/aromatic N) is 1. The van der Waals surface area contributed by atoms with Crippen LogP contribution in [-0.2, 0) is 16.6 Å². The van der Waals surface area contributed by atoms with Crippen molar-refractivity contribution >= 4 is 21.5 Å². The molecule has 0 amide bonds. The van der Waals surface area contributed by atoms with Gasteiger partial charge in [0, 0.05) is 6.54 Å². The smallest absolute Gasteiger partial charge is 0.263 e. The first-order chi connectivity index (χ1) is 12.8. The van der Waals surface area contributed by atoms with Crippen LogP contribution >= 0.6 is 0 Å². The average Bonchev–Trinajstić information content (AvgIpc) is 2.63. The largest absolute Gasteiger partial charge is 0.380 e. The van der Waals surface area contributed by atoms with E-state index in [2.05, 4.69) is 40.1 Å². The van der Waals surface area contributed by atoms with Crippen molar-refractivity contribution in [3.8, 4) is 0 Å². The number of benzene rings is 2. The second kappa shape index (κ2) is 7.80. The molecule has 27 heavy (non-hydrogen) atoms. The van der Waals surface area contributed by atoms with Crippen molar-refractivity contribution in [2.45, 2.75) is 32.2 Å². The highest BCUT2D eigenvalue weighted by molar-refractivity contribution is 7.92. The van der Waals surface area contributed by atoms with Gasteiger partial charge >= 0.3 is 0 Å². The number of aryl methyl sites for hydroxylation is 3. The van der Waals surface area contributed by atoms with Gasteiger partial charge in [-0.1, -0.05) is 42.0 Å². The summed E-state index contributed by atoms with van der Waals surface area (Å²) in [4.78, 5) is 4.49. The zero-order valence-corrected chi connectivity index (χ0v) is 16.5. The van der Waals surface area contributed by atoms with Crippen molar-refractivity contribution in [2.75, 3.05) is 10.0 Å². The molecule has 0 atom stereocenters. The molecule has 2 N–H and O–H groups in total. The van der Waals surface area contributed by atoms with Gasteiger partial charge in [0.15, 0.2) is 0 Å². The minimum atomic E-state index is -3.67. The van der Waals surface area contributed by atoms with E-state index >= 15 is 0 Å². The third kappa shape index (κ3) is 4.86. The van der Waals surface area contributed by atoms with E-state index < -0.39 is 10.0 Å². The van der Waals surface area contributed by atoms with Gasteiger partial charge in [-0.2, -0.15) is 0 Å². The lowest BCUT2D eigenvalue weighted by molar-refractivity contribution is 0.600. The minimum Gasteiger partial charge on any atom is -0.380 e. The number of pyridine rings is 1. The number of rotatable bonds is 6. The zero-order chi connectivity index (χ0) is 19.4. The predicted molar refractivity (Wildman–Crippen MR) is 109 cm³/mol. The lowest BCUT2D eigenvalue weighted by Gasteiger charge is -2.11. The summed E-state index contributed by atoms with van der Waals surface area (Å²) < 4.78 is 27.8. The molecule has 0 saturated heterocycles. The molecular formula is C21H23N3O2S. The maximum Gasteiger partial charge on any atom is 0.263 e. The first kappa shape index (κ1) is 18.9. The van der Waals surface area contributed by atoms with Crippen LogP contribution in [0.5, 0.6) is 0 Å². The maximum absolute atomic E-state index is 12.6. The van der Waals surface area contributed by atoms with Crippen molar-refractivity contribution in [1.82, 2.24) is 4.98 Å². The molecule has 0 aliphatic heterocycles. The number of sulfonamides is 1. The van der Waals surface area contributed by atoms with Crippen LogP contribution in [0.3, 0.4) is 0 Å². The molecule has 3 rings (SSSR count). The first-order valence-corrected chi connectivity index (χ1v) is 10.2. The van der Waals surface area contributed by atoms with E-state index in [0.29, 0.717) is 12.1 Å². The fourth-order valence-electron chi connectivity index (χ4n) is 2.77. The Morgan fingerprint density at radius 2 is 1.70 bits per heavy atom. The van der Waals surface area contributed by atoms with Gasteiger partial charge in [0.25, 0.3) is 10.0 Å². The molecule has 0 aliphatic carbocycles. The predicted octanol–water partition coefficient (Wildman–Crippen LogP) is 4.42. The van der Waals surface area contributed by atoms with Crippen LogP contribution in [0.2, 0.25) is 0 Å². The highest BCUT2D eigenvalue weighted by Crippen LogP contribution is 2.20. The van der Waals surface area contributed by atoms with Crippen LogP contribution in [0.4, 0.5) is 11.5 Å². The third-order valence-electron chi connectivity index (χ3n) is 4.21. The molecule has 3 aromatic rings. The van der Waals surface area contributed by atoms with Gasteiger partial charge < -0.3 is 5.32 Å². The molecule has 0 saturated carbocycles. The van der Waals surface area contributed by atoms with Crippen molar-refractivity contribution in [2.24, 2.45) is 0 Å². The average molecular weight is 382 g/mol. The Morgan fingerprint density at radius 1 is 0.926 bits per heavy atom. The highest BCUT2D eigenvalue weighted by Gasteiger charge is 2.17. The fourth-order valence-corrected chi connectivity index (χ4v) is 4.11. The van der Waals surface area contributed by atoms with E-state index in [0.717, 1.165) is 11.3 Å². The summed E-state index contributed by atoms with van der Waals surface area (Å²) in [6.45, 7) is 6.38. The molecule has 0 radical (unpaired) electrons.